The number of carbonyl (C=O) groups is 2. The molecule has 3 aliphatic rings. The van der Waals surface area contributed by atoms with E-state index in [0.717, 1.165) is 6.42 Å². The zero-order valence-corrected chi connectivity index (χ0v) is 15.4. The third kappa shape index (κ3) is 2.98. The first-order valence-corrected chi connectivity index (χ1v) is 9.56. The molecule has 1 heterocycles. The number of fused-ring (bicyclic) bond motifs is 2. The van der Waals surface area contributed by atoms with Crippen molar-refractivity contribution < 1.29 is 27.3 Å². The highest BCUT2D eigenvalue weighted by Gasteiger charge is 2.65. The zero-order valence-electron chi connectivity index (χ0n) is 13.8. The van der Waals surface area contributed by atoms with E-state index in [2.05, 4.69) is 5.32 Å². The van der Waals surface area contributed by atoms with Crippen LogP contribution in [0.2, 0.25) is 0 Å². The van der Waals surface area contributed by atoms with Gasteiger partial charge < -0.3 is 10.4 Å². The van der Waals surface area contributed by atoms with E-state index in [1.165, 1.54) is 0 Å². The number of rotatable bonds is 5. The van der Waals surface area contributed by atoms with Gasteiger partial charge in [-0.05, 0) is 24.2 Å². The smallest absolute Gasteiger partial charge is 0.320 e. The molecule has 2 saturated carbocycles. The van der Waals surface area contributed by atoms with Gasteiger partial charge in [0.1, 0.15) is 11.8 Å². The fourth-order valence-corrected chi connectivity index (χ4v) is 6.53. The maximum atomic E-state index is 12.5. The van der Waals surface area contributed by atoms with Crippen molar-refractivity contribution in [2.24, 2.45) is 16.7 Å². The molecule has 138 valence electrons. The van der Waals surface area contributed by atoms with Crippen LogP contribution in [-0.4, -0.2) is 49.7 Å². The van der Waals surface area contributed by atoms with Crippen LogP contribution in [0.1, 0.15) is 39.5 Å². The molecule has 2 bridgehead atoms. The summed E-state index contributed by atoms with van der Waals surface area (Å²) in [5, 5.41) is 11.7. The summed E-state index contributed by atoms with van der Waals surface area (Å²) in [5.74, 6) is -1.04. The summed E-state index contributed by atoms with van der Waals surface area (Å²) in [6.07, 6.45) is 1.35. The maximum Gasteiger partial charge on any atom is 0.320 e. The zero-order chi connectivity index (χ0) is 17.0. The van der Waals surface area contributed by atoms with Crippen LogP contribution in [0.3, 0.4) is 0 Å². The molecule has 3 fully saturated rings. The summed E-state index contributed by atoms with van der Waals surface area (Å²) in [6.45, 7) is 4.13. The number of halogens is 1. The van der Waals surface area contributed by atoms with Crippen molar-refractivity contribution in [1.82, 2.24) is 5.32 Å². The highest BCUT2D eigenvalue weighted by molar-refractivity contribution is 7.86. The summed E-state index contributed by atoms with van der Waals surface area (Å²) in [6, 6.07) is -0.784. The number of Topliss-reactive ketones (excluding diaryl/α,β-unsaturated/α-hetero) is 1. The second-order valence-corrected chi connectivity index (χ2v) is 9.22. The Hall–Kier alpha value is -0.700. The lowest BCUT2D eigenvalue weighted by atomic mass is 9.70. The van der Waals surface area contributed by atoms with Crippen molar-refractivity contribution in [1.29, 1.82) is 0 Å². The number of aliphatic carboxylic acids is 1. The molecule has 0 radical (unpaired) electrons. The monoisotopic (exact) mass is 381 g/mol. The number of carboxylic acids is 1. The van der Waals surface area contributed by atoms with E-state index in [0.29, 0.717) is 12.8 Å². The lowest BCUT2D eigenvalue weighted by Crippen LogP contribution is -2.43. The Balaban J connectivity index is 0.00000208. The molecule has 0 aromatic heterocycles. The van der Waals surface area contributed by atoms with Crippen molar-refractivity contribution in [3.63, 3.8) is 0 Å². The van der Waals surface area contributed by atoms with Crippen LogP contribution in [0.15, 0.2) is 0 Å². The number of hydrogen-bond donors (Lipinski definition) is 2. The predicted molar refractivity (Wildman–Crippen MR) is 88.5 cm³/mol. The van der Waals surface area contributed by atoms with Crippen LogP contribution in [-0.2, 0) is 23.9 Å². The van der Waals surface area contributed by atoms with E-state index in [4.69, 9.17) is 9.29 Å². The van der Waals surface area contributed by atoms with Gasteiger partial charge in [0.2, 0.25) is 0 Å². The molecule has 1 aliphatic heterocycles. The quantitative estimate of drug-likeness (QED) is 0.682. The highest BCUT2D eigenvalue weighted by atomic mass is 35.5. The van der Waals surface area contributed by atoms with Gasteiger partial charge in [-0.2, -0.15) is 8.42 Å². The first-order valence-electron chi connectivity index (χ1n) is 7.98. The second-order valence-electron chi connectivity index (χ2n) is 7.62. The Morgan fingerprint density at radius 2 is 2.08 bits per heavy atom. The van der Waals surface area contributed by atoms with E-state index in [-0.39, 0.29) is 48.2 Å². The maximum absolute atomic E-state index is 12.5. The number of carbonyl (C=O) groups excluding carboxylic acids is 1. The second kappa shape index (κ2) is 6.23. The third-order valence-electron chi connectivity index (χ3n) is 6.23. The SMILES string of the molecule is CC1(C)[C@@H]2CC[C@@]1(CS(=O)(=O)O[C@H]1CN[C@H](C(=O)O)C1)C(=O)C2.Cl. The Morgan fingerprint density at radius 1 is 1.42 bits per heavy atom. The largest absolute Gasteiger partial charge is 0.480 e. The predicted octanol–water partition coefficient (Wildman–Crippen LogP) is 0.965. The molecule has 0 aromatic carbocycles. The van der Waals surface area contributed by atoms with Gasteiger partial charge >= 0.3 is 5.97 Å². The molecule has 2 aliphatic carbocycles. The molecule has 1 saturated heterocycles. The summed E-state index contributed by atoms with van der Waals surface area (Å²) in [7, 11) is -3.90. The normalized spacial score (nSPS) is 37.4. The van der Waals surface area contributed by atoms with Gasteiger partial charge in [0.15, 0.2) is 0 Å². The minimum atomic E-state index is -3.90. The molecule has 3 rings (SSSR count). The van der Waals surface area contributed by atoms with Crippen LogP contribution >= 0.6 is 12.4 Å². The van der Waals surface area contributed by atoms with E-state index >= 15 is 0 Å². The minimum absolute atomic E-state index is 0. The average molecular weight is 382 g/mol. The Morgan fingerprint density at radius 3 is 2.54 bits per heavy atom. The molecular weight excluding hydrogens is 358 g/mol. The third-order valence-corrected chi connectivity index (χ3v) is 7.65. The minimum Gasteiger partial charge on any atom is -0.480 e. The van der Waals surface area contributed by atoms with Gasteiger partial charge in [-0.3, -0.25) is 13.8 Å². The fraction of sp³-hybridized carbons (Fsp3) is 0.867. The molecule has 4 atom stereocenters. The van der Waals surface area contributed by atoms with E-state index < -0.39 is 33.6 Å². The average Bonchev–Trinajstić information content (AvgIpc) is 3.01. The van der Waals surface area contributed by atoms with Gasteiger partial charge in [-0.15, -0.1) is 12.4 Å². The molecule has 0 aromatic rings. The van der Waals surface area contributed by atoms with Crippen molar-refractivity contribution in [2.75, 3.05) is 12.3 Å². The molecular formula is C15H24ClNO6S. The van der Waals surface area contributed by atoms with Crippen LogP contribution in [0, 0.1) is 16.7 Å². The van der Waals surface area contributed by atoms with E-state index in [9.17, 15) is 18.0 Å². The Labute approximate surface area is 148 Å². The number of nitrogens with one attached hydrogen (secondary N) is 1. The molecule has 0 spiro atoms. The van der Waals surface area contributed by atoms with Crippen LogP contribution in [0.4, 0.5) is 0 Å². The molecule has 7 nitrogen and oxygen atoms in total. The number of ketones is 1. The van der Waals surface area contributed by atoms with Crippen molar-refractivity contribution >= 4 is 34.3 Å². The van der Waals surface area contributed by atoms with Crippen LogP contribution in [0.5, 0.6) is 0 Å². The van der Waals surface area contributed by atoms with Crippen molar-refractivity contribution in [2.45, 2.75) is 51.7 Å². The van der Waals surface area contributed by atoms with Gasteiger partial charge in [0, 0.05) is 19.4 Å². The fourth-order valence-electron chi connectivity index (χ4n) is 4.62. The molecule has 24 heavy (non-hydrogen) atoms. The Kier molecular flexibility index (Phi) is 5.09. The number of hydrogen-bond acceptors (Lipinski definition) is 6. The molecule has 2 N–H and O–H groups in total. The molecule has 0 unspecified atom stereocenters. The highest BCUT2D eigenvalue weighted by Crippen LogP contribution is 2.64. The topological polar surface area (TPSA) is 110 Å². The molecule has 9 heteroatoms. The molecule has 0 amide bonds. The van der Waals surface area contributed by atoms with E-state index in [1.807, 2.05) is 13.8 Å². The van der Waals surface area contributed by atoms with Crippen molar-refractivity contribution in [3.8, 4) is 0 Å². The first-order chi connectivity index (χ1) is 10.6. The Bertz CT molecular complexity index is 648. The number of carboxylic acid groups (broad SMARTS) is 1. The first kappa shape index (κ1) is 19.6. The van der Waals surface area contributed by atoms with Gasteiger partial charge in [0.25, 0.3) is 10.1 Å². The van der Waals surface area contributed by atoms with E-state index in [1.54, 1.807) is 0 Å². The van der Waals surface area contributed by atoms with Crippen molar-refractivity contribution in [3.05, 3.63) is 0 Å². The standard InChI is InChI=1S/C15H23NO6S.ClH/c1-14(2)9-3-4-15(14,12(17)5-9)8-23(20,21)22-10-6-11(13(18)19)16-7-10;/h9-11,16H,3-8H2,1-2H3,(H,18,19);1H/t9-,10-,11+,15-;/m1./s1. The lowest BCUT2D eigenvalue weighted by molar-refractivity contribution is -0.139. The summed E-state index contributed by atoms with van der Waals surface area (Å²) >= 11 is 0. The van der Waals surface area contributed by atoms with Gasteiger partial charge in [-0.25, -0.2) is 0 Å². The van der Waals surface area contributed by atoms with Crippen LogP contribution < -0.4 is 5.32 Å². The summed E-state index contributed by atoms with van der Waals surface area (Å²) in [4.78, 5) is 23.3. The van der Waals surface area contributed by atoms with Gasteiger partial charge in [0.05, 0.1) is 17.3 Å². The summed E-state index contributed by atoms with van der Waals surface area (Å²) < 4.78 is 30.2. The lowest BCUT2D eigenvalue weighted by Gasteiger charge is -2.36. The van der Waals surface area contributed by atoms with Gasteiger partial charge in [-0.1, -0.05) is 13.8 Å². The van der Waals surface area contributed by atoms with Crippen LogP contribution in [0.25, 0.3) is 0 Å². The summed E-state index contributed by atoms with van der Waals surface area (Å²) in [5.41, 5.74) is -1.19.